The minimum atomic E-state index is -0.267. The van der Waals surface area contributed by atoms with Gasteiger partial charge in [0.2, 0.25) is 0 Å². The van der Waals surface area contributed by atoms with Crippen molar-refractivity contribution < 1.29 is 14.0 Å². The lowest BCUT2D eigenvalue weighted by Gasteiger charge is -2.08. The molecule has 0 atom stereocenters. The van der Waals surface area contributed by atoms with Crippen LogP contribution in [0.5, 0.6) is 5.75 Å². The zero-order valence-electron chi connectivity index (χ0n) is 8.34. The van der Waals surface area contributed by atoms with Gasteiger partial charge in [-0.15, -0.1) is 0 Å². The largest absolute Gasteiger partial charge is 0.496 e. The molecule has 4 heteroatoms. The quantitative estimate of drug-likeness (QED) is 0.749. The highest BCUT2D eigenvalue weighted by atomic mass is 19.1. The number of hydrogen-bond acceptors (Lipinski definition) is 3. The van der Waals surface area contributed by atoms with Crippen LogP contribution in [-0.4, -0.2) is 13.7 Å². The third-order valence-electron chi connectivity index (χ3n) is 2.08. The van der Waals surface area contributed by atoms with Gasteiger partial charge in [-0.1, -0.05) is 0 Å². The predicted octanol–water partition coefficient (Wildman–Crippen LogP) is 1.58. The molecule has 0 amide bonds. The Bertz CT molecular complexity index is 315. The number of hydrogen-bond donors (Lipinski definition) is 1. The third-order valence-corrected chi connectivity index (χ3v) is 2.08. The maximum Gasteiger partial charge on any atom is 0.130 e. The van der Waals surface area contributed by atoms with Crippen LogP contribution in [0.4, 0.5) is 4.39 Å². The topological polar surface area (TPSA) is 44.5 Å². The van der Waals surface area contributed by atoms with E-state index in [1.807, 2.05) is 0 Å². The standard InChI is InChI=1S/C10H14FNO2/c1-7-9(11)5-8(3-4-14-12)6-10(7)13-2/h5-6H,3-4,12H2,1-2H3. The van der Waals surface area contributed by atoms with Gasteiger partial charge in [-0.25, -0.2) is 10.3 Å². The van der Waals surface area contributed by atoms with E-state index in [1.54, 1.807) is 13.0 Å². The highest BCUT2D eigenvalue weighted by molar-refractivity contribution is 5.37. The van der Waals surface area contributed by atoms with Crippen LogP contribution in [0.3, 0.4) is 0 Å². The molecular weight excluding hydrogens is 185 g/mol. The van der Waals surface area contributed by atoms with Gasteiger partial charge in [-0.05, 0) is 31.0 Å². The highest BCUT2D eigenvalue weighted by Gasteiger charge is 2.06. The lowest BCUT2D eigenvalue weighted by molar-refractivity contribution is 0.141. The molecule has 0 aliphatic rings. The first-order valence-electron chi connectivity index (χ1n) is 4.33. The second kappa shape index (κ2) is 4.93. The van der Waals surface area contributed by atoms with E-state index in [9.17, 15) is 4.39 Å². The van der Waals surface area contributed by atoms with Crippen molar-refractivity contribution in [2.75, 3.05) is 13.7 Å². The Morgan fingerprint density at radius 1 is 1.43 bits per heavy atom. The van der Waals surface area contributed by atoms with Crippen molar-refractivity contribution in [2.45, 2.75) is 13.3 Å². The van der Waals surface area contributed by atoms with Crippen molar-refractivity contribution >= 4 is 0 Å². The molecule has 0 fully saturated rings. The summed E-state index contributed by atoms with van der Waals surface area (Å²) in [6, 6.07) is 3.26. The summed E-state index contributed by atoms with van der Waals surface area (Å²) in [6.07, 6.45) is 0.573. The van der Waals surface area contributed by atoms with Gasteiger partial charge in [0.25, 0.3) is 0 Å². The van der Waals surface area contributed by atoms with E-state index in [-0.39, 0.29) is 5.82 Å². The molecule has 3 nitrogen and oxygen atoms in total. The molecule has 0 bridgehead atoms. The van der Waals surface area contributed by atoms with Gasteiger partial charge < -0.3 is 9.57 Å². The van der Waals surface area contributed by atoms with E-state index in [2.05, 4.69) is 4.84 Å². The molecular formula is C10H14FNO2. The van der Waals surface area contributed by atoms with Crippen molar-refractivity contribution in [1.29, 1.82) is 0 Å². The highest BCUT2D eigenvalue weighted by Crippen LogP contribution is 2.22. The Morgan fingerprint density at radius 3 is 2.71 bits per heavy atom. The molecule has 14 heavy (non-hydrogen) atoms. The molecule has 2 N–H and O–H groups in total. The van der Waals surface area contributed by atoms with Gasteiger partial charge in [0.1, 0.15) is 11.6 Å². The van der Waals surface area contributed by atoms with Crippen molar-refractivity contribution in [3.63, 3.8) is 0 Å². The zero-order chi connectivity index (χ0) is 10.6. The first-order chi connectivity index (χ1) is 6.69. The fourth-order valence-corrected chi connectivity index (χ4v) is 1.24. The maximum atomic E-state index is 13.3. The summed E-state index contributed by atoms with van der Waals surface area (Å²) in [6.45, 7) is 2.04. The Morgan fingerprint density at radius 2 is 2.14 bits per heavy atom. The normalized spacial score (nSPS) is 10.3. The van der Waals surface area contributed by atoms with E-state index in [1.165, 1.54) is 13.2 Å². The Hall–Kier alpha value is -1.13. The van der Waals surface area contributed by atoms with Crippen LogP contribution in [0.2, 0.25) is 0 Å². The van der Waals surface area contributed by atoms with Crippen molar-refractivity contribution in [2.24, 2.45) is 5.90 Å². The molecule has 0 heterocycles. The molecule has 0 radical (unpaired) electrons. The number of methoxy groups -OCH3 is 1. The van der Waals surface area contributed by atoms with Crippen LogP contribution >= 0.6 is 0 Å². The third kappa shape index (κ3) is 2.43. The van der Waals surface area contributed by atoms with Crippen LogP contribution in [-0.2, 0) is 11.3 Å². The minimum absolute atomic E-state index is 0.267. The summed E-state index contributed by atoms with van der Waals surface area (Å²) >= 11 is 0. The minimum Gasteiger partial charge on any atom is -0.496 e. The molecule has 0 aliphatic carbocycles. The van der Waals surface area contributed by atoms with Crippen LogP contribution in [0, 0.1) is 12.7 Å². The molecule has 1 aromatic carbocycles. The lowest BCUT2D eigenvalue weighted by Crippen LogP contribution is -2.04. The number of rotatable bonds is 4. The zero-order valence-corrected chi connectivity index (χ0v) is 8.34. The number of halogens is 1. The molecule has 0 spiro atoms. The molecule has 1 aromatic rings. The first-order valence-corrected chi connectivity index (χ1v) is 4.33. The maximum absolute atomic E-state index is 13.3. The van der Waals surface area contributed by atoms with Crippen LogP contribution < -0.4 is 10.6 Å². The second-order valence-corrected chi connectivity index (χ2v) is 3.03. The van der Waals surface area contributed by atoms with Crippen LogP contribution in [0.1, 0.15) is 11.1 Å². The molecule has 0 aromatic heterocycles. The monoisotopic (exact) mass is 199 g/mol. The van der Waals surface area contributed by atoms with Crippen LogP contribution in [0.15, 0.2) is 12.1 Å². The second-order valence-electron chi connectivity index (χ2n) is 3.03. The van der Waals surface area contributed by atoms with Gasteiger partial charge >= 0.3 is 0 Å². The molecule has 0 aliphatic heterocycles. The van der Waals surface area contributed by atoms with E-state index < -0.39 is 0 Å². The van der Waals surface area contributed by atoms with Gasteiger partial charge in [-0.2, -0.15) is 0 Å². The average Bonchev–Trinajstić information content (AvgIpc) is 2.19. The summed E-state index contributed by atoms with van der Waals surface area (Å²) in [5.41, 5.74) is 1.33. The molecule has 78 valence electrons. The van der Waals surface area contributed by atoms with Gasteiger partial charge in [0.15, 0.2) is 0 Å². The summed E-state index contributed by atoms with van der Waals surface area (Å²) in [5, 5.41) is 0. The summed E-state index contributed by atoms with van der Waals surface area (Å²) in [4.78, 5) is 4.43. The predicted molar refractivity (Wildman–Crippen MR) is 51.5 cm³/mol. The van der Waals surface area contributed by atoms with E-state index in [4.69, 9.17) is 10.6 Å². The molecule has 0 saturated carbocycles. The number of nitrogens with two attached hydrogens (primary N) is 1. The van der Waals surface area contributed by atoms with Gasteiger partial charge in [0.05, 0.1) is 13.7 Å². The molecule has 1 rings (SSSR count). The van der Waals surface area contributed by atoms with E-state index in [0.717, 1.165) is 5.56 Å². The SMILES string of the molecule is COc1cc(CCON)cc(F)c1C. The van der Waals surface area contributed by atoms with Crippen LogP contribution in [0.25, 0.3) is 0 Å². The van der Waals surface area contributed by atoms with E-state index in [0.29, 0.717) is 24.3 Å². The van der Waals surface area contributed by atoms with Gasteiger partial charge in [-0.3, -0.25) is 0 Å². The molecule has 0 unspecified atom stereocenters. The Balaban J connectivity index is 2.91. The number of ether oxygens (including phenoxy) is 1. The summed E-state index contributed by atoms with van der Waals surface area (Å²) in [7, 11) is 1.52. The lowest BCUT2D eigenvalue weighted by atomic mass is 10.1. The number of benzene rings is 1. The van der Waals surface area contributed by atoms with Gasteiger partial charge in [0, 0.05) is 5.56 Å². The molecule has 0 saturated heterocycles. The Kier molecular flexibility index (Phi) is 3.85. The summed E-state index contributed by atoms with van der Waals surface area (Å²) in [5.74, 6) is 5.18. The fourth-order valence-electron chi connectivity index (χ4n) is 1.24. The fraction of sp³-hybridized carbons (Fsp3) is 0.400. The average molecular weight is 199 g/mol. The summed E-state index contributed by atoms with van der Waals surface area (Å²) < 4.78 is 18.3. The first kappa shape index (κ1) is 10.9. The van der Waals surface area contributed by atoms with E-state index >= 15 is 0 Å². The van der Waals surface area contributed by atoms with Crippen molar-refractivity contribution in [3.8, 4) is 5.75 Å². The Labute approximate surface area is 82.6 Å². The van der Waals surface area contributed by atoms with Crippen molar-refractivity contribution in [3.05, 3.63) is 29.1 Å². The smallest absolute Gasteiger partial charge is 0.130 e. The van der Waals surface area contributed by atoms with Crippen molar-refractivity contribution in [1.82, 2.24) is 0 Å².